The molecule has 7 heteroatoms. The molecule has 3 rings (SSSR count). The first-order valence-electron chi connectivity index (χ1n) is 9.83. The fourth-order valence-electron chi connectivity index (χ4n) is 3.29. The molecular formula is C25H25BrO6. The van der Waals surface area contributed by atoms with Crippen molar-refractivity contribution in [1.82, 2.24) is 0 Å². The molecule has 0 amide bonds. The van der Waals surface area contributed by atoms with Gasteiger partial charge in [0.2, 0.25) is 0 Å². The lowest BCUT2D eigenvalue weighted by atomic mass is 9.96. The van der Waals surface area contributed by atoms with E-state index in [4.69, 9.17) is 14.2 Å². The predicted octanol–water partition coefficient (Wildman–Crippen LogP) is 6.26. The molecular weight excluding hydrogens is 476 g/mol. The van der Waals surface area contributed by atoms with Gasteiger partial charge < -0.3 is 29.5 Å². The van der Waals surface area contributed by atoms with Crippen LogP contribution in [0, 0.1) is 0 Å². The van der Waals surface area contributed by atoms with E-state index in [1.54, 1.807) is 36.4 Å². The molecule has 0 spiro atoms. The third-order valence-electron chi connectivity index (χ3n) is 4.85. The van der Waals surface area contributed by atoms with Gasteiger partial charge in [0.1, 0.15) is 18.1 Å². The van der Waals surface area contributed by atoms with Crippen molar-refractivity contribution >= 4 is 15.9 Å². The van der Waals surface area contributed by atoms with Gasteiger partial charge in [0, 0.05) is 5.56 Å². The quantitative estimate of drug-likeness (QED) is 0.331. The highest BCUT2D eigenvalue weighted by atomic mass is 79.9. The maximum Gasteiger partial charge on any atom is 0.175 e. The van der Waals surface area contributed by atoms with Gasteiger partial charge in [-0.25, -0.2) is 0 Å². The molecule has 168 valence electrons. The molecule has 32 heavy (non-hydrogen) atoms. The topological polar surface area (TPSA) is 88.4 Å². The molecule has 0 aliphatic heterocycles. The molecule has 0 bridgehead atoms. The van der Waals surface area contributed by atoms with E-state index < -0.39 is 0 Å². The monoisotopic (exact) mass is 500 g/mol. The summed E-state index contributed by atoms with van der Waals surface area (Å²) in [7, 11) is 2.96. The number of rotatable bonds is 7. The number of phenols is 3. The SMILES string of the molecule is COc1cc(-c2ccc(O)cc2)c(OC)c(O)c1-c1cc(O)c(OCC=C(C)C)c(Br)c1. The second-order valence-corrected chi connectivity index (χ2v) is 8.18. The van der Waals surface area contributed by atoms with Gasteiger partial charge in [-0.3, -0.25) is 0 Å². The number of aromatic hydroxyl groups is 3. The Hall–Kier alpha value is -3.32. The minimum absolute atomic E-state index is 0.0837. The van der Waals surface area contributed by atoms with Crippen LogP contribution in [0.15, 0.2) is 58.6 Å². The Morgan fingerprint density at radius 2 is 1.59 bits per heavy atom. The maximum atomic E-state index is 11.1. The van der Waals surface area contributed by atoms with E-state index in [9.17, 15) is 15.3 Å². The van der Waals surface area contributed by atoms with E-state index in [1.807, 2.05) is 19.9 Å². The number of halogens is 1. The van der Waals surface area contributed by atoms with Crippen molar-refractivity contribution < 1.29 is 29.5 Å². The molecule has 3 aromatic rings. The largest absolute Gasteiger partial charge is 0.508 e. The summed E-state index contributed by atoms with van der Waals surface area (Å²) >= 11 is 3.44. The molecule has 0 fully saturated rings. The van der Waals surface area contributed by atoms with Crippen LogP contribution in [-0.2, 0) is 0 Å². The minimum atomic E-state index is -0.139. The van der Waals surface area contributed by atoms with E-state index in [0.717, 1.165) is 11.1 Å². The lowest BCUT2D eigenvalue weighted by Gasteiger charge is -2.19. The van der Waals surface area contributed by atoms with Crippen molar-refractivity contribution in [2.75, 3.05) is 20.8 Å². The summed E-state index contributed by atoms with van der Waals surface area (Å²) in [4.78, 5) is 0. The van der Waals surface area contributed by atoms with Gasteiger partial charge in [-0.05, 0) is 77.3 Å². The number of benzene rings is 3. The minimum Gasteiger partial charge on any atom is -0.508 e. The molecule has 3 N–H and O–H groups in total. The lowest BCUT2D eigenvalue weighted by Crippen LogP contribution is -1.98. The summed E-state index contributed by atoms with van der Waals surface area (Å²) in [6, 6.07) is 11.5. The fourth-order valence-corrected chi connectivity index (χ4v) is 3.85. The molecule has 0 saturated heterocycles. The van der Waals surface area contributed by atoms with Crippen molar-refractivity contribution in [3.8, 4) is 56.8 Å². The Kier molecular flexibility index (Phi) is 7.20. The summed E-state index contributed by atoms with van der Waals surface area (Å²) in [5.41, 5.74) is 3.29. The highest BCUT2D eigenvalue weighted by Crippen LogP contribution is 2.51. The van der Waals surface area contributed by atoms with E-state index in [-0.39, 0.29) is 23.0 Å². The normalized spacial score (nSPS) is 10.5. The zero-order chi connectivity index (χ0) is 23.4. The van der Waals surface area contributed by atoms with Gasteiger partial charge in [-0.2, -0.15) is 0 Å². The molecule has 0 aliphatic rings. The van der Waals surface area contributed by atoms with Crippen LogP contribution in [0.4, 0.5) is 0 Å². The Morgan fingerprint density at radius 1 is 0.906 bits per heavy atom. The summed E-state index contributed by atoms with van der Waals surface area (Å²) in [6.07, 6.45) is 1.90. The van der Waals surface area contributed by atoms with Gasteiger partial charge >= 0.3 is 0 Å². The second kappa shape index (κ2) is 9.87. The van der Waals surface area contributed by atoms with Crippen LogP contribution in [0.2, 0.25) is 0 Å². The number of hydrogen-bond donors (Lipinski definition) is 3. The van der Waals surface area contributed by atoms with Crippen LogP contribution in [-0.4, -0.2) is 36.1 Å². The van der Waals surface area contributed by atoms with Crippen LogP contribution in [0.25, 0.3) is 22.3 Å². The summed E-state index contributed by atoms with van der Waals surface area (Å²) < 4.78 is 17.3. The highest BCUT2D eigenvalue weighted by molar-refractivity contribution is 9.10. The van der Waals surface area contributed by atoms with Gasteiger partial charge in [0.05, 0.1) is 24.3 Å². The number of phenolic OH excluding ortho intramolecular Hbond substituents is 3. The zero-order valence-corrected chi connectivity index (χ0v) is 19.9. The average molecular weight is 501 g/mol. The van der Waals surface area contributed by atoms with Crippen LogP contribution in [0.3, 0.4) is 0 Å². The highest BCUT2D eigenvalue weighted by Gasteiger charge is 2.23. The van der Waals surface area contributed by atoms with Crippen molar-refractivity contribution in [3.63, 3.8) is 0 Å². The third kappa shape index (κ3) is 4.78. The fraction of sp³-hybridized carbons (Fsp3) is 0.200. The first kappa shape index (κ1) is 23.3. The first-order chi connectivity index (χ1) is 15.3. The summed E-state index contributed by atoms with van der Waals surface area (Å²) in [5.74, 6) is 0.839. The van der Waals surface area contributed by atoms with Crippen LogP contribution < -0.4 is 14.2 Å². The Balaban J connectivity index is 2.13. The molecule has 0 aromatic heterocycles. The maximum absolute atomic E-state index is 11.1. The van der Waals surface area contributed by atoms with Crippen molar-refractivity contribution in [1.29, 1.82) is 0 Å². The van der Waals surface area contributed by atoms with E-state index >= 15 is 0 Å². The van der Waals surface area contributed by atoms with Crippen LogP contribution in [0.5, 0.6) is 34.5 Å². The Bertz CT molecular complexity index is 1130. The Labute approximate surface area is 195 Å². The zero-order valence-electron chi connectivity index (χ0n) is 18.3. The van der Waals surface area contributed by atoms with E-state index in [0.29, 0.717) is 39.3 Å². The molecule has 3 aromatic carbocycles. The van der Waals surface area contributed by atoms with Crippen LogP contribution in [0.1, 0.15) is 13.8 Å². The van der Waals surface area contributed by atoms with Crippen molar-refractivity contribution in [3.05, 3.63) is 58.6 Å². The van der Waals surface area contributed by atoms with Gasteiger partial charge in [-0.1, -0.05) is 17.7 Å². The van der Waals surface area contributed by atoms with Crippen molar-refractivity contribution in [2.45, 2.75) is 13.8 Å². The molecule has 0 atom stereocenters. The smallest absolute Gasteiger partial charge is 0.175 e. The first-order valence-corrected chi connectivity index (χ1v) is 10.6. The number of ether oxygens (including phenoxy) is 3. The van der Waals surface area contributed by atoms with Crippen LogP contribution >= 0.6 is 15.9 Å². The van der Waals surface area contributed by atoms with E-state index in [2.05, 4.69) is 15.9 Å². The standard InChI is InChI=1S/C25H25BrO6/c1-14(2)9-10-32-25-19(26)11-16(12-20(25)28)22-21(30-3)13-18(24(31-4)23(22)29)15-5-7-17(27)8-6-15/h5-9,11-13,27-29H,10H2,1-4H3. The van der Waals surface area contributed by atoms with Gasteiger partial charge in [-0.15, -0.1) is 0 Å². The Morgan fingerprint density at radius 3 is 2.16 bits per heavy atom. The van der Waals surface area contributed by atoms with Gasteiger partial charge in [0.25, 0.3) is 0 Å². The predicted molar refractivity (Wildman–Crippen MR) is 128 cm³/mol. The van der Waals surface area contributed by atoms with Crippen molar-refractivity contribution in [2.24, 2.45) is 0 Å². The molecule has 6 nitrogen and oxygen atoms in total. The molecule has 0 heterocycles. The summed E-state index contributed by atoms with van der Waals surface area (Å²) in [6.45, 7) is 4.24. The average Bonchev–Trinajstić information content (AvgIpc) is 2.75. The number of hydrogen-bond acceptors (Lipinski definition) is 6. The molecule has 0 aliphatic carbocycles. The number of allylic oxidation sites excluding steroid dienone is 1. The molecule has 0 saturated carbocycles. The molecule has 0 unspecified atom stereocenters. The lowest BCUT2D eigenvalue weighted by molar-refractivity contribution is 0.333. The number of methoxy groups -OCH3 is 2. The third-order valence-corrected chi connectivity index (χ3v) is 5.44. The van der Waals surface area contributed by atoms with E-state index in [1.165, 1.54) is 20.3 Å². The summed E-state index contributed by atoms with van der Waals surface area (Å²) in [5, 5.41) is 31.3. The van der Waals surface area contributed by atoms with Gasteiger partial charge in [0.15, 0.2) is 23.0 Å². The molecule has 0 radical (unpaired) electrons. The second-order valence-electron chi connectivity index (χ2n) is 7.33.